The number of hydrogen-bond acceptors (Lipinski definition) is 0. The minimum absolute atomic E-state index is 0.432. The van der Waals surface area contributed by atoms with Crippen molar-refractivity contribution in [2.75, 3.05) is 0 Å². The summed E-state index contributed by atoms with van der Waals surface area (Å²) in [5.74, 6) is 2.26. The Morgan fingerprint density at radius 1 is 1.40 bits per heavy atom. The minimum atomic E-state index is 0.432. The Morgan fingerprint density at radius 2 is 2.16 bits per heavy atom. The molecule has 25 heavy (non-hydrogen) atoms. The molecule has 2 aliphatic rings. The first-order chi connectivity index (χ1) is 12.0. The molecule has 0 saturated heterocycles. The first kappa shape index (κ1) is 19.5. The lowest BCUT2D eigenvalue weighted by atomic mass is 9.66. The van der Waals surface area contributed by atoms with Crippen molar-refractivity contribution in [3.8, 4) is 0 Å². The van der Waals surface area contributed by atoms with Crippen LogP contribution in [0.3, 0.4) is 0 Å². The summed E-state index contributed by atoms with van der Waals surface area (Å²) in [5, 5.41) is 0. The van der Waals surface area contributed by atoms with E-state index in [9.17, 15) is 0 Å². The molecule has 0 amide bonds. The summed E-state index contributed by atoms with van der Waals surface area (Å²) >= 11 is 0. The fourth-order valence-corrected chi connectivity index (χ4v) is 4.04. The zero-order valence-electron chi connectivity index (χ0n) is 16.6. The Labute approximate surface area is 155 Å². The van der Waals surface area contributed by atoms with Crippen LogP contribution in [0, 0.1) is 23.7 Å². The van der Waals surface area contributed by atoms with E-state index in [0.717, 1.165) is 6.42 Å². The molecular weight excluding hydrogens is 300 g/mol. The summed E-state index contributed by atoms with van der Waals surface area (Å²) in [6.07, 6.45) is 22.7. The van der Waals surface area contributed by atoms with E-state index < -0.39 is 0 Å². The Balaban J connectivity index is 2.58. The quantitative estimate of drug-likeness (QED) is 0.445. The third-order valence-electron chi connectivity index (χ3n) is 5.66. The molecule has 0 radical (unpaired) electrons. The normalized spacial score (nSPS) is 28.4. The van der Waals surface area contributed by atoms with Crippen LogP contribution in [0.1, 0.15) is 47.5 Å². The van der Waals surface area contributed by atoms with Gasteiger partial charge in [0.1, 0.15) is 0 Å². The Hall–Kier alpha value is -1.82. The molecule has 0 heterocycles. The van der Waals surface area contributed by atoms with Gasteiger partial charge in [-0.3, -0.25) is 0 Å². The lowest BCUT2D eigenvalue weighted by molar-refractivity contribution is 0.350. The maximum atomic E-state index is 3.93. The molecule has 134 valence electrons. The van der Waals surface area contributed by atoms with Crippen LogP contribution in [-0.4, -0.2) is 0 Å². The van der Waals surface area contributed by atoms with Gasteiger partial charge in [0.2, 0.25) is 0 Å². The predicted octanol–water partition coefficient (Wildman–Crippen LogP) is 7.36. The molecule has 0 aromatic rings. The van der Waals surface area contributed by atoms with Crippen molar-refractivity contribution in [1.29, 1.82) is 0 Å². The van der Waals surface area contributed by atoms with Gasteiger partial charge in [-0.2, -0.15) is 0 Å². The van der Waals surface area contributed by atoms with Crippen molar-refractivity contribution in [1.82, 2.24) is 0 Å². The summed E-state index contributed by atoms with van der Waals surface area (Å²) in [6, 6.07) is 0. The van der Waals surface area contributed by atoms with Gasteiger partial charge in [-0.25, -0.2) is 0 Å². The summed E-state index contributed by atoms with van der Waals surface area (Å²) in [7, 11) is 0. The van der Waals surface area contributed by atoms with E-state index in [4.69, 9.17) is 0 Å². The standard InChI is InChI=1S/C25H34/c1-7-11-21(12-8-2)23-14-10-13-22(19(5)9-3)25(23)24-17-18(4)15-16-20(24)6/h7-8,10-14,16-19,22,25H,1,9,15H2,2-6H3/b12-8-,21-11+. The highest BCUT2D eigenvalue weighted by Crippen LogP contribution is 2.45. The van der Waals surface area contributed by atoms with Crippen molar-refractivity contribution in [2.24, 2.45) is 23.7 Å². The maximum absolute atomic E-state index is 3.93. The van der Waals surface area contributed by atoms with Crippen molar-refractivity contribution < 1.29 is 0 Å². The van der Waals surface area contributed by atoms with E-state index in [2.05, 4.69) is 89.8 Å². The van der Waals surface area contributed by atoms with Crippen molar-refractivity contribution >= 4 is 0 Å². The fourth-order valence-electron chi connectivity index (χ4n) is 4.04. The highest BCUT2D eigenvalue weighted by molar-refractivity contribution is 5.53. The van der Waals surface area contributed by atoms with E-state index in [1.807, 2.05) is 6.08 Å². The molecule has 0 N–H and O–H groups in total. The van der Waals surface area contributed by atoms with Gasteiger partial charge < -0.3 is 0 Å². The first-order valence-electron chi connectivity index (χ1n) is 9.76. The van der Waals surface area contributed by atoms with Gasteiger partial charge in [-0.05, 0) is 54.7 Å². The van der Waals surface area contributed by atoms with Crippen LogP contribution in [0.15, 0.2) is 83.6 Å². The number of allylic oxidation sites excluding steroid dienone is 13. The topological polar surface area (TPSA) is 0 Å². The van der Waals surface area contributed by atoms with Gasteiger partial charge in [0.25, 0.3) is 0 Å². The van der Waals surface area contributed by atoms with Gasteiger partial charge in [0.05, 0.1) is 0 Å². The molecule has 0 saturated carbocycles. The molecule has 0 aromatic carbocycles. The second kappa shape index (κ2) is 9.04. The van der Waals surface area contributed by atoms with E-state index >= 15 is 0 Å². The molecule has 4 unspecified atom stereocenters. The van der Waals surface area contributed by atoms with Gasteiger partial charge in [-0.15, -0.1) is 0 Å². The van der Waals surface area contributed by atoms with Crippen molar-refractivity contribution in [3.63, 3.8) is 0 Å². The first-order valence-corrected chi connectivity index (χ1v) is 9.76. The van der Waals surface area contributed by atoms with Crippen LogP contribution in [-0.2, 0) is 0 Å². The molecule has 4 atom stereocenters. The van der Waals surface area contributed by atoms with Crippen LogP contribution in [0.4, 0.5) is 0 Å². The summed E-state index contributed by atoms with van der Waals surface area (Å²) < 4.78 is 0. The van der Waals surface area contributed by atoms with Crippen LogP contribution >= 0.6 is 0 Å². The second-order valence-corrected chi connectivity index (χ2v) is 7.53. The Bertz CT molecular complexity index is 660. The number of rotatable bonds is 6. The molecule has 2 rings (SSSR count). The highest BCUT2D eigenvalue weighted by atomic mass is 14.4. The molecule has 0 bridgehead atoms. The third kappa shape index (κ3) is 4.42. The van der Waals surface area contributed by atoms with Gasteiger partial charge in [-0.1, -0.05) is 94.0 Å². The fraction of sp³-hybridized carbons (Fsp3) is 0.440. The zero-order valence-corrected chi connectivity index (χ0v) is 16.6. The molecule has 0 aliphatic heterocycles. The number of hydrogen-bond donors (Lipinski definition) is 0. The molecule has 0 fully saturated rings. The van der Waals surface area contributed by atoms with E-state index in [1.54, 1.807) is 0 Å². The second-order valence-electron chi connectivity index (χ2n) is 7.53. The van der Waals surface area contributed by atoms with Gasteiger partial charge in [0.15, 0.2) is 0 Å². The van der Waals surface area contributed by atoms with Crippen molar-refractivity contribution in [3.05, 3.63) is 83.6 Å². The molecular formula is C25H34. The van der Waals surface area contributed by atoms with E-state index in [0.29, 0.717) is 23.7 Å². The maximum Gasteiger partial charge on any atom is 0.0160 e. The average molecular weight is 335 g/mol. The zero-order chi connectivity index (χ0) is 18.4. The van der Waals surface area contributed by atoms with Crippen LogP contribution < -0.4 is 0 Å². The molecule has 0 heteroatoms. The van der Waals surface area contributed by atoms with Gasteiger partial charge >= 0.3 is 0 Å². The lowest BCUT2D eigenvalue weighted by Gasteiger charge is -2.37. The van der Waals surface area contributed by atoms with Crippen molar-refractivity contribution in [2.45, 2.75) is 47.5 Å². The summed E-state index contributed by atoms with van der Waals surface area (Å²) in [5.41, 5.74) is 5.70. The average Bonchev–Trinajstić information content (AvgIpc) is 2.62. The largest absolute Gasteiger partial charge is 0.0990 e. The highest BCUT2D eigenvalue weighted by Gasteiger charge is 2.33. The summed E-state index contributed by atoms with van der Waals surface area (Å²) in [4.78, 5) is 0. The predicted molar refractivity (Wildman–Crippen MR) is 112 cm³/mol. The van der Waals surface area contributed by atoms with Crippen LogP contribution in [0.5, 0.6) is 0 Å². The van der Waals surface area contributed by atoms with Gasteiger partial charge in [0, 0.05) is 5.92 Å². The van der Waals surface area contributed by atoms with Crippen LogP contribution in [0.2, 0.25) is 0 Å². The molecule has 2 aliphatic carbocycles. The molecule has 0 aromatic heterocycles. The summed E-state index contributed by atoms with van der Waals surface area (Å²) in [6.45, 7) is 15.3. The SMILES string of the molecule is C=C/C=C(\C=C/C)C1=CC=CC(C(C)CC)C1C1=CC(C)CC=C1C. The lowest BCUT2D eigenvalue weighted by Crippen LogP contribution is -2.27. The Morgan fingerprint density at radius 3 is 2.80 bits per heavy atom. The molecule has 0 nitrogen and oxygen atoms in total. The Kier molecular flexibility index (Phi) is 7.05. The third-order valence-corrected chi connectivity index (χ3v) is 5.66. The van der Waals surface area contributed by atoms with E-state index in [-0.39, 0.29) is 0 Å². The minimum Gasteiger partial charge on any atom is -0.0990 e. The van der Waals surface area contributed by atoms with Crippen LogP contribution in [0.25, 0.3) is 0 Å². The monoisotopic (exact) mass is 334 g/mol. The molecule has 0 spiro atoms. The van der Waals surface area contributed by atoms with E-state index in [1.165, 1.54) is 28.7 Å². The smallest absolute Gasteiger partial charge is 0.0160 e.